The predicted molar refractivity (Wildman–Crippen MR) is 118 cm³/mol. The molecule has 0 fully saturated rings. The lowest BCUT2D eigenvalue weighted by atomic mass is 9.93. The number of para-hydroxylation sites is 1. The van der Waals surface area contributed by atoms with Crippen molar-refractivity contribution in [1.82, 2.24) is 14.9 Å². The first-order valence-electron chi connectivity index (χ1n) is 10.2. The fourth-order valence-corrected chi connectivity index (χ4v) is 4.02. The van der Waals surface area contributed by atoms with Crippen LogP contribution in [0.1, 0.15) is 42.7 Å². The lowest BCUT2D eigenvalue weighted by Crippen LogP contribution is -2.57. The monoisotopic (exact) mass is 437 g/mol. The zero-order valence-electron chi connectivity index (χ0n) is 17.9. The second-order valence-corrected chi connectivity index (χ2v) is 8.24. The molecule has 2 heterocycles. The molecule has 0 radical (unpaired) electrons. The molecule has 164 valence electrons. The number of amides is 1. The molecule has 0 spiro atoms. The topological polar surface area (TPSA) is 46.1 Å². The van der Waals surface area contributed by atoms with Crippen LogP contribution in [0, 0.1) is 0 Å². The van der Waals surface area contributed by atoms with Gasteiger partial charge in [0.1, 0.15) is 5.54 Å². The Kier molecular flexibility index (Phi) is 5.36. The van der Waals surface area contributed by atoms with E-state index in [0.717, 1.165) is 18.7 Å². The van der Waals surface area contributed by atoms with Crippen LogP contribution < -0.4 is 0 Å². The second-order valence-electron chi connectivity index (χ2n) is 8.24. The fraction of sp³-hybridized carbons (Fsp3) is 0.240. The van der Waals surface area contributed by atoms with Gasteiger partial charge in [-0.2, -0.15) is 13.2 Å². The van der Waals surface area contributed by atoms with Crippen LogP contribution in [-0.2, 0) is 0 Å². The van der Waals surface area contributed by atoms with Gasteiger partial charge in [0.2, 0.25) is 0 Å². The van der Waals surface area contributed by atoms with Crippen molar-refractivity contribution in [3.8, 4) is 0 Å². The number of benzene rings is 2. The molecule has 0 saturated carbocycles. The number of pyridine rings is 2. The molecule has 1 amide bonds. The minimum absolute atomic E-state index is 0.174. The summed E-state index contributed by atoms with van der Waals surface area (Å²) in [6, 6.07) is 16.3. The molecule has 2 aromatic carbocycles. The Morgan fingerprint density at radius 3 is 2.38 bits per heavy atom. The Hall–Kier alpha value is -3.48. The summed E-state index contributed by atoms with van der Waals surface area (Å²) >= 11 is 0. The van der Waals surface area contributed by atoms with E-state index < -0.39 is 23.7 Å². The van der Waals surface area contributed by atoms with E-state index in [1.165, 1.54) is 6.07 Å². The van der Waals surface area contributed by atoms with Crippen molar-refractivity contribution >= 4 is 27.7 Å². The Bertz CT molecular complexity index is 1300. The maximum absolute atomic E-state index is 14.2. The number of nitrogens with zero attached hydrogens (tertiary/aromatic N) is 3. The highest BCUT2D eigenvalue weighted by atomic mass is 19.4. The van der Waals surface area contributed by atoms with E-state index in [1.54, 1.807) is 67.8 Å². The standard InChI is InChI=1S/C25H22F3N3O/c1-16(19-12-14-30-22-9-5-4-8-20(19)22)31(24(2,3)25(26,27)28)23(32)18-10-11-21-17(15-18)7-6-13-29-21/h4-16H,1-3H3. The van der Waals surface area contributed by atoms with Crippen molar-refractivity contribution in [3.63, 3.8) is 0 Å². The van der Waals surface area contributed by atoms with Crippen LogP contribution in [0.5, 0.6) is 0 Å². The molecule has 4 aromatic rings. The molecule has 1 unspecified atom stereocenters. The van der Waals surface area contributed by atoms with Crippen molar-refractivity contribution in [2.75, 3.05) is 0 Å². The third-order valence-electron chi connectivity index (χ3n) is 5.88. The predicted octanol–water partition coefficient (Wildman–Crippen LogP) is 6.33. The van der Waals surface area contributed by atoms with E-state index in [1.807, 2.05) is 6.07 Å². The summed E-state index contributed by atoms with van der Waals surface area (Å²) < 4.78 is 42.6. The fourth-order valence-electron chi connectivity index (χ4n) is 4.02. The van der Waals surface area contributed by atoms with Gasteiger partial charge in [-0.3, -0.25) is 14.8 Å². The molecular weight excluding hydrogens is 415 g/mol. The zero-order valence-corrected chi connectivity index (χ0v) is 17.9. The Morgan fingerprint density at radius 2 is 1.62 bits per heavy atom. The Balaban J connectivity index is 1.87. The smallest absolute Gasteiger partial charge is 0.318 e. The van der Waals surface area contributed by atoms with Crippen molar-refractivity contribution in [1.29, 1.82) is 0 Å². The number of rotatable bonds is 4. The van der Waals surface area contributed by atoms with Gasteiger partial charge < -0.3 is 4.90 Å². The molecule has 1 atom stereocenters. The molecule has 0 bridgehead atoms. The van der Waals surface area contributed by atoms with Gasteiger partial charge in [0.25, 0.3) is 5.91 Å². The van der Waals surface area contributed by atoms with E-state index in [-0.39, 0.29) is 5.56 Å². The van der Waals surface area contributed by atoms with Gasteiger partial charge in [0, 0.05) is 28.7 Å². The molecule has 0 aliphatic carbocycles. The molecule has 0 aliphatic heterocycles. The van der Waals surface area contributed by atoms with Crippen LogP contribution in [-0.4, -0.2) is 32.5 Å². The number of carbonyl (C=O) groups excluding carboxylic acids is 1. The lowest BCUT2D eigenvalue weighted by Gasteiger charge is -2.44. The molecule has 0 N–H and O–H groups in total. The summed E-state index contributed by atoms with van der Waals surface area (Å²) in [6.07, 6.45) is -1.46. The van der Waals surface area contributed by atoms with E-state index in [0.29, 0.717) is 27.4 Å². The maximum atomic E-state index is 14.2. The average molecular weight is 437 g/mol. The highest BCUT2D eigenvalue weighted by molar-refractivity contribution is 5.99. The van der Waals surface area contributed by atoms with E-state index >= 15 is 0 Å². The number of alkyl halides is 3. The van der Waals surface area contributed by atoms with Crippen molar-refractivity contribution in [2.24, 2.45) is 0 Å². The molecule has 4 nitrogen and oxygen atoms in total. The van der Waals surface area contributed by atoms with Crippen molar-refractivity contribution in [3.05, 3.63) is 84.2 Å². The summed E-state index contributed by atoms with van der Waals surface area (Å²) in [4.78, 5) is 23.1. The number of halogens is 3. The van der Waals surface area contributed by atoms with Gasteiger partial charge in [0.15, 0.2) is 0 Å². The molecule has 7 heteroatoms. The van der Waals surface area contributed by atoms with Crippen molar-refractivity contribution in [2.45, 2.75) is 38.5 Å². The Morgan fingerprint density at radius 1 is 0.906 bits per heavy atom. The van der Waals surface area contributed by atoms with Gasteiger partial charge in [0.05, 0.1) is 17.1 Å². The molecule has 32 heavy (non-hydrogen) atoms. The summed E-state index contributed by atoms with van der Waals surface area (Å²) in [6.45, 7) is 3.69. The van der Waals surface area contributed by atoms with E-state index in [4.69, 9.17) is 0 Å². The minimum Gasteiger partial charge on any atom is -0.318 e. The van der Waals surface area contributed by atoms with Crippen LogP contribution in [0.2, 0.25) is 0 Å². The third-order valence-corrected chi connectivity index (χ3v) is 5.88. The largest absolute Gasteiger partial charge is 0.411 e. The van der Waals surface area contributed by atoms with Gasteiger partial charge in [-0.25, -0.2) is 0 Å². The minimum atomic E-state index is -4.64. The molecule has 2 aromatic heterocycles. The van der Waals surface area contributed by atoms with Crippen LogP contribution in [0.15, 0.2) is 73.1 Å². The zero-order chi connectivity index (χ0) is 23.1. The quantitative estimate of drug-likeness (QED) is 0.375. The summed E-state index contributed by atoms with van der Waals surface area (Å²) in [5, 5.41) is 1.39. The highest BCUT2D eigenvalue weighted by Gasteiger charge is 2.54. The first-order chi connectivity index (χ1) is 15.1. The van der Waals surface area contributed by atoms with Crippen LogP contribution in [0.3, 0.4) is 0 Å². The number of fused-ring (bicyclic) bond motifs is 2. The van der Waals surface area contributed by atoms with Crippen molar-refractivity contribution < 1.29 is 18.0 Å². The van der Waals surface area contributed by atoms with E-state index in [9.17, 15) is 18.0 Å². The number of carbonyl (C=O) groups is 1. The summed E-state index contributed by atoms with van der Waals surface area (Å²) in [5.41, 5.74) is -0.320. The van der Waals surface area contributed by atoms with Gasteiger partial charge in [-0.1, -0.05) is 24.3 Å². The Labute approximate surface area is 183 Å². The van der Waals surface area contributed by atoms with Crippen LogP contribution in [0.25, 0.3) is 21.8 Å². The molecule has 0 aliphatic rings. The molecule has 0 saturated heterocycles. The first-order valence-corrected chi connectivity index (χ1v) is 10.2. The van der Waals surface area contributed by atoms with Crippen LogP contribution in [0.4, 0.5) is 13.2 Å². The lowest BCUT2D eigenvalue weighted by molar-refractivity contribution is -0.216. The summed E-state index contributed by atoms with van der Waals surface area (Å²) in [7, 11) is 0. The van der Waals surface area contributed by atoms with E-state index in [2.05, 4.69) is 9.97 Å². The molecular formula is C25H22F3N3O. The molecule has 4 rings (SSSR count). The normalized spacial score (nSPS) is 13.3. The third kappa shape index (κ3) is 3.68. The summed E-state index contributed by atoms with van der Waals surface area (Å²) in [5.74, 6) is -0.702. The number of aromatic nitrogens is 2. The first kappa shape index (κ1) is 21.7. The van der Waals surface area contributed by atoms with Crippen LogP contribution >= 0.6 is 0 Å². The highest BCUT2D eigenvalue weighted by Crippen LogP contribution is 2.42. The number of hydrogen-bond acceptors (Lipinski definition) is 3. The number of hydrogen-bond donors (Lipinski definition) is 0. The maximum Gasteiger partial charge on any atom is 0.411 e. The van der Waals surface area contributed by atoms with Gasteiger partial charge >= 0.3 is 6.18 Å². The van der Waals surface area contributed by atoms with Gasteiger partial charge in [-0.15, -0.1) is 0 Å². The SMILES string of the molecule is CC(c1ccnc2ccccc12)N(C(=O)c1ccc2ncccc2c1)C(C)(C)C(F)(F)F. The van der Waals surface area contributed by atoms with Gasteiger partial charge in [-0.05, 0) is 62.7 Å². The average Bonchev–Trinajstić information content (AvgIpc) is 2.77. The second kappa shape index (κ2) is 7.89.